The number of hydrogen-bond acceptors (Lipinski definition) is 2. The molecule has 1 aromatic carbocycles. The average molecular weight is 228 g/mol. The summed E-state index contributed by atoms with van der Waals surface area (Å²) in [4.78, 5) is 11.7. The maximum absolute atomic E-state index is 11.7. The standard InChI is InChI=1S/C14H16N2O/c1-6-11-13-9(4)12(10(5)17)7(2)8(3)14(13)16-15-11/h6H,1H2,2-5H3,(H,15,16). The van der Waals surface area contributed by atoms with E-state index in [-0.39, 0.29) is 5.78 Å². The van der Waals surface area contributed by atoms with Crippen molar-refractivity contribution in [3.8, 4) is 0 Å². The Labute approximate surface area is 101 Å². The van der Waals surface area contributed by atoms with E-state index in [4.69, 9.17) is 0 Å². The highest BCUT2D eigenvalue weighted by molar-refractivity contribution is 6.05. The van der Waals surface area contributed by atoms with Crippen LogP contribution in [-0.2, 0) is 0 Å². The van der Waals surface area contributed by atoms with Crippen LogP contribution in [0.15, 0.2) is 6.58 Å². The third-order valence-electron chi connectivity index (χ3n) is 3.39. The Hall–Kier alpha value is -1.90. The van der Waals surface area contributed by atoms with E-state index >= 15 is 0 Å². The van der Waals surface area contributed by atoms with E-state index in [0.717, 1.165) is 38.9 Å². The van der Waals surface area contributed by atoms with Crippen molar-refractivity contribution in [2.75, 3.05) is 0 Å². The number of rotatable bonds is 2. The summed E-state index contributed by atoms with van der Waals surface area (Å²) in [6.07, 6.45) is 1.74. The van der Waals surface area contributed by atoms with Gasteiger partial charge in [-0.3, -0.25) is 9.89 Å². The van der Waals surface area contributed by atoms with Crippen LogP contribution in [0.3, 0.4) is 0 Å². The van der Waals surface area contributed by atoms with Gasteiger partial charge in [-0.2, -0.15) is 5.10 Å². The van der Waals surface area contributed by atoms with Crippen LogP contribution in [0.5, 0.6) is 0 Å². The number of nitrogens with one attached hydrogen (secondary N) is 1. The Bertz CT molecular complexity index is 635. The van der Waals surface area contributed by atoms with Crippen LogP contribution >= 0.6 is 0 Å². The van der Waals surface area contributed by atoms with Gasteiger partial charge in [0, 0.05) is 10.9 Å². The molecule has 2 aromatic rings. The highest BCUT2D eigenvalue weighted by Gasteiger charge is 2.18. The predicted octanol–water partition coefficient (Wildman–Crippen LogP) is 3.33. The Morgan fingerprint density at radius 3 is 2.41 bits per heavy atom. The Morgan fingerprint density at radius 2 is 1.88 bits per heavy atom. The fraction of sp³-hybridized carbons (Fsp3) is 0.286. The molecule has 0 aliphatic heterocycles. The van der Waals surface area contributed by atoms with Crippen molar-refractivity contribution in [3.05, 3.63) is 34.5 Å². The second kappa shape index (κ2) is 3.84. The third-order valence-corrected chi connectivity index (χ3v) is 3.39. The highest BCUT2D eigenvalue weighted by atomic mass is 16.1. The molecular weight excluding hydrogens is 212 g/mol. The second-order valence-corrected chi connectivity index (χ2v) is 4.37. The zero-order chi connectivity index (χ0) is 12.7. The second-order valence-electron chi connectivity index (χ2n) is 4.37. The molecule has 2 rings (SSSR count). The Morgan fingerprint density at radius 1 is 1.24 bits per heavy atom. The fourth-order valence-electron chi connectivity index (χ4n) is 2.45. The highest BCUT2D eigenvalue weighted by Crippen LogP contribution is 2.30. The SMILES string of the molecule is C=Cc1[nH]nc2c(C)c(C)c(C(C)=O)c(C)c12. The normalized spacial score (nSPS) is 10.8. The Balaban J connectivity index is 3.03. The minimum absolute atomic E-state index is 0.0983. The van der Waals surface area contributed by atoms with Crippen molar-refractivity contribution in [1.29, 1.82) is 0 Å². The molecule has 3 heteroatoms. The smallest absolute Gasteiger partial charge is 0.160 e. The van der Waals surface area contributed by atoms with Crippen molar-refractivity contribution in [3.63, 3.8) is 0 Å². The topological polar surface area (TPSA) is 45.8 Å². The summed E-state index contributed by atoms with van der Waals surface area (Å²) in [5.41, 5.74) is 5.67. The lowest BCUT2D eigenvalue weighted by Gasteiger charge is -2.11. The van der Waals surface area contributed by atoms with Gasteiger partial charge in [0.25, 0.3) is 0 Å². The van der Waals surface area contributed by atoms with Gasteiger partial charge in [0.15, 0.2) is 5.78 Å². The van der Waals surface area contributed by atoms with Gasteiger partial charge in [-0.15, -0.1) is 0 Å². The number of Topliss-reactive ketones (excluding diaryl/α,β-unsaturated/α-hetero) is 1. The number of aryl methyl sites for hydroxylation is 2. The molecule has 0 spiro atoms. The number of ketones is 1. The van der Waals surface area contributed by atoms with Gasteiger partial charge in [-0.25, -0.2) is 0 Å². The number of nitrogens with zero attached hydrogens (tertiary/aromatic N) is 1. The van der Waals surface area contributed by atoms with Crippen LogP contribution < -0.4 is 0 Å². The summed E-state index contributed by atoms with van der Waals surface area (Å²) in [5, 5.41) is 8.27. The van der Waals surface area contributed by atoms with Crippen LogP contribution in [0.2, 0.25) is 0 Å². The molecule has 0 saturated carbocycles. The molecule has 1 aromatic heterocycles. The zero-order valence-electron chi connectivity index (χ0n) is 10.6. The Kier molecular flexibility index (Phi) is 2.62. The molecule has 0 atom stereocenters. The predicted molar refractivity (Wildman–Crippen MR) is 70.4 cm³/mol. The lowest BCUT2D eigenvalue weighted by molar-refractivity contribution is 0.101. The molecule has 0 aliphatic carbocycles. The number of carbonyl (C=O) groups is 1. The summed E-state index contributed by atoms with van der Waals surface area (Å²) in [7, 11) is 0. The number of H-pyrrole nitrogens is 1. The fourth-order valence-corrected chi connectivity index (χ4v) is 2.45. The molecule has 17 heavy (non-hydrogen) atoms. The van der Waals surface area contributed by atoms with Crippen molar-refractivity contribution >= 4 is 22.8 Å². The zero-order valence-corrected chi connectivity index (χ0v) is 10.6. The van der Waals surface area contributed by atoms with Crippen LogP contribution in [0.25, 0.3) is 17.0 Å². The lowest BCUT2D eigenvalue weighted by atomic mass is 9.91. The van der Waals surface area contributed by atoms with E-state index in [0.29, 0.717) is 0 Å². The molecule has 0 radical (unpaired) electrons. The van der Waals surface area contributed by atoms with Crippen molar-refractivity contribution in [2.24, 2.45) is 0 Å². The van der Waals surface area contributed by atoms with Crippen molar-refractivity contribution < 1.29 is 4.79 Å². The number of benzene rings is 1. The van der Waals surface area contributed by atoms with Gasteiger partial charge in [-0.1, -0.05) is 6.58 Å². The third kappa shape index (κ3) is 1.50. The average Bonchev–Trinajstić information content (AvgIpc) is 2.69. The molecule has 1 heterocycles. The monoisotopic (exact) mass is 228 g/mol. The first-order valence-corrected chi connectivity index (χ1v) is 5.60. The molecule has 88 valence electrons. The number of aromatic nitrogens is 2. The summed E-state index contributed by atoms with van der Waals surface area (Å²) in [6, 6.07) is 0. The van der Waals surface area contributed by atoms with Crippen LogP contribution in [-0.4, -0.2) is 16.0 Å². The minimum Gasteiger partial charge on any atom is -0.294 e. The molecule has 1 N–H and O–H groups in total. The molecule has 0 unspecified atom stereocenters. The molecule has 0 fully saturated rings. The summed E-state index contributed by atoms with van der Waals surface area (Å²) in [5.74, 6) is 0.0983. The van der Waals surface area contributed by atoms with E-state index in [1.54, 1.807) is 13.0 Å². The largest absolute Gasteiger partial charge is 0.294 e. The van der Waals surface area contributed by atoms with Crippen LogP contribution in [0.1, 0.15) is 39.7 Å². The van der Waals surface area contributed by atoms with Gasteiger partial charge < -0.3 is 0 Å². The lowest BCUT2D eigenvalue weighted by Crippen LogP contribution is -2.03. The van der Waals surface area contributed by atoms with E-state index in [1.807, 2.05) is 20.8 Å². The molecular formula is C14H16N2O. The van der Waals surface area contributed by atoms with Gasteiger partial charge in [-0.05, 0) is 50.5 Å². The van der Waals surface area contributed by atoms with Gasteiger partial charge in [0.2, 0.25) is 0 Å². The first-order chi connectivity index (χ1) is 7.99. The number of hydrogen-bond donors (Lipinski definition) is 1. The molecule has 0 saturated heterocycles. The van der Waals surface area contributed by atoms with Gasteiger partial charge in [0.05, 0.1) is 11.2 Å². The number of carbonyl (C=O) groups excluding carboxylic acids is 1. The summed E-state index contributed by atoms with van der Waals surface area (Å²) in [6.45, 7) is 11.3. The van der Waals surface area contributed by atoms with Crippen molar-refractivity contribution in [1.82, 2.24) is 10.2 Å². The van der Waals surface area contributed by atoms with Crippen molar-refractivity contribution in [2.45, 2.75) is 27.7 Å². The first-order valence-electron chi connectivity index (χ1n) is 5.60. The van der Waals surface area contributed by atoms with E-state index in [9.17, 15) is 4.79 Å². The summed E-state index contributed by atoms with van der Waals surface area (Å²) >= 11 is 0. The number of fused-ring (bicyclic) bond motifs is 1. The quantitative estimate of drug-likeness (QED) is 0.801. The first kappa shape index (κ1) is 11.6. The van der Waals surface area contributed by atoms with Gasteiger partial charge in [0.1, 0.15) is 0 Å². The van der Waals surface area contributed by atoms with Crippen LogP contribution in [0.4, 0.5) is 0 Å². The van der Waals surface area contributed by atoms with E-state index < -0.39 is 0 Å². The maximum Gasteiger partial charge on any atom is 0.160 e. The maximum atomic E-state index is 11.7. The molecule has 0 amide bonds. The van der Waals surface area contributed by atoms with Gasteiger partial charge >= 0.3 is 0 Å². The van der Waals surface area contributed by atoms with E-state index in [2.05, 4.69) is 16.8 Å². The van der Waals surface area contributed by atoms with E-state index in [1.165, 1.54) is 0 Å². The minimum atomic E-state index is 0.0983. The number of aromatic amines is 1. The molecule has 0 aliphatic rings. The molecule has 0 bridgehead atoms. The van der Waals surface area contributed by atoms with Crippen LogP contribution in [0, 0.1) is 20.8 Å². The molecule has 3 nitrogen and oxygen atoms in total. The summed E-state index contributed by atoms with van der Waals surface area (Å²) < 4.78 is 0.